The first kappa shape index (κ1) is 20.8. The number of benzene rings is 2. The fraction of sp³-hybridized carbons (Fsp3) is 0.300. The van der Waals surface area contributed by atoms with Crippen LogP contribution >= 0.6 is 0 Å². The Balaban J connectivity index is 1.60. The maximum Gasteiger partial charge on any atom is 0.341 e. The van der Waals surface area contributed by atoms with Crippen LogP contribution in [0.4, 0.5) is 5.69 Å². The molecule has 0 spiro atoms. The molecule has 1 aliphatic heterocycles. The molecule has 0 aliphatic carbocycles. The van der Waals surface area contributed by atoms with Crippen LogP contribution in [0.2, 0.25) is 0 Å². The van der Waals surface area contributed by atoms with Gasteiger partial charge in [-0.3, -0.25) is 4.79 Å². The van der Waals surface area contributed by atoms with E-state index in [2.05, 4.69) is 10.1 Å². The van der Waals surface area contributed by atoms with Crippen LogP contribution in [-0.4, -0.2) is 51.4 Å². The summed E-state index contributed by atoms with van der Waals surface area (Å²) in [6, 6.07) is 12.5. The second-order valence-corrected chi connectivity index (χ2v) is 8.40. The molecule has 8 nitrogen and oxygen atoms in total. The number of sulfonamides is 1. The zero-order valence-electron chi connectivity index (χ0n) is 16.0. The zero-order chi connectivity index (χ0) is 20.9. The van der Waals surface area contributed by atoms with Gasteiger partial charge in [-0.1, -0.05) is 12.1 Å². The number of hydrogen-bond acceptors (Lipinski definition) is 6. The summed E-state index contributed by atoms with van der Waals surface area (Å²) in [6.45, 7) is 0.748. The van der Waals surface area contributed by atoms with Gasteiger partial charge in [-0.2, -0.15) is 4.31 Å². The molecule has 0 aromatic heterocycles. The minimum atomic E-state index is -3.49. The molecule has 9 heteroatoms. The van der Waals surface area contributed by atoms with E-state index in [0.717, 1.165) is 12.8 Å². The quantitative estimate of drug-likeness (QED) is 0.692. The lowest BCUT2D eigenvalue weighted by atomic mass is 10.2. The Labute approximate surface area is 169 Å². The standard InChI is InChI=1S/C20H22N2O6S/c1-27-20(24)17-6-2-3-7-18(17)28-14-19(23)21-15-8-10-16(11-9-15)29(25,26)22-12-4-5-13-22/h2-3,6-11H,4-5,12-14H2,1H3,(H,21,23). The van der Waals surface area contributed by atoms with Gasteiger partial charge in [0.05, 0.1) is 12.0 Å². The highest BCUT2D eigenvalue weighted by atomic mass is 32.2. The SMILES string of the molecule is COC(=O)c1ccccc1OCC(=O)Nc1ccc(S(=O)(=O)N2CCCC2)cc1. The molecular formula is C20H22N2O6S. The number of carbonyl (C=O) groups is 2. The topological polar surface area (TPSA) is 102 Å². The summed E-state index contributed by atoms with van der Waals surface area (Å²) < 4.78 is 36.6. The molecule has 2 aromatic rings. The fourth-order valence-corrected chi connectivity index (χ4v) is 4.52. The van der Waals surface area contributed by atoms with Gasteiger partial charge in [0, 0.05) is 18.8 Å². The molecule has 1 fully saturated rings. The lowest BCUT2D eigenvalue weighted by Gasteiger charge is -2.15. The second-order valence-electron chi connectivity index (χ2n) is 6.46. The van der Waals surface area contributed by atoms with Crippen molar-refractivity contribution in [3.8, 4) is 5.75 Å². The molecule has 0 bridgehead atoms. The maximum absolute atomic E-state index is 12.5. The fourth-order valence-electron chi connectivity index (χ4n) is 3.00. The molecule has 29 heavy (non-hydrogen) atoms. The smallest absolute Gasteiger partial charge is 0.341 e. The summed E-state index contributed by atoms with van der Waals surface area (Å²) >= 11 is 0. The number of nitrogens with one attached hydrogen (secondary N) is 1. The number of rotatable bonds is 7. The third-order valence-electron chi connectivity index (χ3n) is 4.49. The van der Waals surface area contributed by atoms with Crippen LogP contribution in [0.5, 0.6) is 5.75 Å². The Morgan fingerprint density at radius 1 is 1.03 bits per heavy atom. The van der Waals surface area contributed by atoms with Crippen molar-refractivity contribution in [1.82, 2.24) is 4.31 Å². The molecule has 0 atom stereocenters. The van der Waals surface area contributed by atoms with Gasteiger partial charge in [0.15, 0.2) is 6.61 Å². The number of hydrogen-bond donors (Lipinski definition) is 1. The molecule has 1 N–H and O–H groups in total. The summed E-state index contributed by atoms with van der Waals surface area (Å²) in [5.41, 5.74) is 0.666. The van der Waals surface area contributed by atoms with Gasteiger partial charge in [-0.05, 0) is 49.2 Å². The Morgan fingerprint density at radius 3 is 2.34 bits per heavy atom. The van der Waals surface area contributed by atoms with E-state index in [1.54, 1.807) is 24.3 Å². The van der Waals surface area contributed by atoms with Gasteiger partial charge in [0.1, 0.15) is 11.3 Å². The molecule has 0 radical (unpaired) electrons. The van der Waals surface area contributed by atoms with Crippen LogP contribution in [0.15, 0.2) is 53.4 Å². The lowest BCUT2D eigenvalue weighted by molar-refractivity contribution is -0.118. The van der Waals surface area contributed by atoms with E-state index in [-0.39, 0.29) is 22.8 Å². The van der Waals surface area contributed by atoms with E-state index >= 15 is 0 Å². The monoisotopic (exact) mass is 418 g/mol. The minimum absolute atomic E-state index is 0.195. The summed E-state index contributed by atoms with van der Waals surface area (Å²) in [4.78, 5) is 24.1. The van der Waals surface area contributed by atoms with Crippen molar-refractivity contribution in [1.29, 1.82) is 0 Å². The van der Waals surface area contributed by atoms with Crippen molar-refractivity contribution in [3.63, 3.8) is 0 Å². The second kappa shape index (κ2) is 9.06. The average Bonchev–Trinajstić information content (AvgIpc) is 3.28. The van der Waals surface area contributed by atoms with Crippen LogP contribution in [0.1, 0.15) is 23.2 Å². The van der Waals surface area contributed by atoms with Crippen LogP contribution in [-0.2, 0) is 19.6 Å². The van der Waals surface area contributed by atoms with Gasteiger partial charge in [-0.25, -0.2) is 13.2 Å². The van der Waals surface area contributed by atoms with E-state index in [0.29, 0.717) is 18.8 Å². The maximum atomic E-state index is 12.5. The summed E-state index contributed by atoms with van der Waals surface area (Å²) in [5, 5.41) is 2.63. The van der Waals surface area contributed by atoms with E-state index < -0.39 is 21.9 Å². The number of amides is 1. The molecule has 0 unspecified atom stereocenters. The molecule has 1 heterocycles. The summed E-state index contributed by atoms with van der Waals surface area (Å²) in [6.07, 6.45) is 1.74. The number of carbonyl (C=O) groups excluding carboxylic acids is 2. The molecule has 3 rings (SSSR count). The molecule has 1 aliphatic rings. The van der Waals surface area contributed by atoms with Crippen molar-refractivity contribution < 1.29 is 27.5 Å². The number of ether oxygens (including phenoxy) is 2. The van der Waals surface area contributed by atoms with Gasteiger partial charge in [0.25, 0.3) is 5.91 Å². The molecule has 154 valence electrons. The van der Waals surface area contributed by atoms with E-state index in [9.17, 15) is 18.0 Å². The van der Waals surface area contributed by atoms with Crippen LogP contribution < -0.4 is 10.1 Å². The highest BCUT2D eigenvalue weighted by Gasteiger charge is 2.26. The normalized spacial score (nSPS) is 14.4. The minimum Gasteiger partial charge on any atom is -0.483 e. The Morgan fingerprint density at radius 2 is 1.69 bits per heavy atom. The highest BCUT2D eigenvalue weighted by Crippen LogP contribution is 2.22. The lowest BCUT2D eigenvalue weighted by Crippen LogP contribution is -2.27. The Kier molecular flexibility index (Phi) is 6.50. The first-order valence-corrected chi connectivity index (χ1v) is 10.6. The van der Waals surface area contributed by atoms with Crippen molar-refractivity contribution in [2.75, 3.05) is 32.1 Å². The number of methoxy groups -OCH3 is 1. The van der Waals surface area contributed by atoms with Crippen LogP contribution in [0, 0.1) is 0 Å². The van der Waals surface area contributed by atoms with Crippen molar-refractivity contribution >= 4 is 27.6 Å². The van der Waals surface area contributed by atoms with E-state index in [4.69, 9.17) is 4.74 Å². The first-order chi connectivity index (χ1) is 13.9. The third kappa shape index (κ3) is 4.93. The van der Waals surface area contributed by atoms with Crippen molar-refractivity contribution in [3.05, 3.63) is 54.1 Å². The summed E-state index contributed by atoms with van der Waals surface area (Å²) in [5.74, 6) is -0.766. The highest BCUT2D eigenvalue weighted by molar-refractivity contribution is 7.89. The predicted molar refractivity (Wildman–Crippen MR) is 106 cm³/mol. The van der Waals surface area contributed by atoms with Crippen molar-refractivity contribution in [2.45, 2.75) is 17.7 Å². The molecular weight excluding hydrogens is 396 g/mol. The number of anilines is 1. The number of nitrogens with zero attached hydrogens (tertiary/aromatic N) is 1. The van der Waals surface area contributed by atoms with Gasteiger partial charge < -0.3 is 14.8 Å². The Bertz CT molecular complexity index is 982. The molecule has 1 amide bonds. The van der Waals surface area contributed by atoms with Crippen molar-refractivity contribution in [2.24, 2.45) is 0 Å². The van der Waals surface area contributed by atoms with Gasteiger partial charge in [0.2, 0.25) is 10.0 Å². The Hall–Kier alpha value is -2.91. The molecule has 0 saturated carbocycles. The first-order valence-electron chi connectivity index (χ1n) is 9.12. The largest absolute Gasteiger partial charge is 0.483 e. The van der Waals surface area contributed by atoms with Crippen LogP contribution in [0.25, 0.3) is 0 Å². The van der Waals surface area contributed by atoms with Gasteiger partial charge >= 0.3 is 5.97 Å². The zero-order valence-corrected chi connectivity index (χ0v) is 16.8. The summed E-state index contributed by atoms with van der Waals surface area (Å²) in [7, 11) is -2.23. The van der Waals surface area contributed by atoms with E-state index in [1.807, 2.05) is 0 Å². The van der Waals surface area contributed by atoms with E-state index in [1.165, 1.54) is 35.7 Å². The number of esters is 1. The third-order valence-corrected chi connectivity index (χ3v) is 6.40. The number of para-hydroxylation sites is 1. The van der Waals surface area contributed by atoms with Gasteiger partial charge in [-0.15, -0.1) is 0 Å². The molecule has 1 saturated heterocycles. The predicted octanol–water partition coefficient (Wildman–Crippen LogP) is 2.28. The van der Waals surface area contributed by atoms with Crippen LogP contribution in [0.3, 0.4) is 0 Å². The molecule has 2 aromatic carbocycles. The average molecular weight is 418 g/mol.